The van der Waals surface area contributed by atoms with Crippen LogP contribution in [0.2, 0.25) is 0 Å². The van der Waals surface area contributed by atoms with E-state index in [1.807, 2.05) is 12.1 Å². The molecular weight excluding hydrogens is 312 g/mol. The van der Waals surface area contributed by atoms with Crippen LogP contribution >= 0.6 is 0 Å². The number of aryl methyl sites for hydroxylation is 1. The Bertz CT molecular complexity index is 755. The minimum atomic E-state index is -0.109. The summed E-state index contributed by atoms with van der Waals surface area (Å²) in [6.07, 6.45) is 8.32. The summed E-state index contributed by atoms with van der Waals surface area (Å²) in [5, 5.41) is 3.17. The number of carbonyl (C=O) groups excluding carboxylic acids is 1. The van der Waals surface area contributed by atoms with Crippen molar-refractivity contribution in [3.8, 4) is 0 Å². The summed E-state index contributed by atoms with van der Waals surface area (Å²) < 4.78 is 0. The van der Waals surface area contributed by atoms with Crippen LogP contribution in [0.15, 0.2) is 36.7 Å². The second-order valence-corrected chi connectivity index (χ2v) is 6.93. The number of piperidine rings is 1. The van der Waals surface area contributed by atoms with Crippen LogP contribution in [0.4, 0.5) is 5.82 Å². The highest BCUT2D eigenvalue weighted by Crippen LogP contribution is 2.29. The van der Waals surface area contributed by atoms with Gasteiger partial charge in [0.15, 0.2) is 0 Å². The molecule has 1 unspecified atom stereocenters. The Morgan fingerprint density at radius 1 is 1.08 bits per heavy atom. The van der Waals surface area contributed by atoms with Gasteiger partial charge in [-0.2, -0.15) is 0 Å². The number of hydrogen-bond acceptors (Lipinski definition) is 4. The number of amides is 1. The van der Waals surface area contributed by atoms with Gasteiger partial charge in [0, 0.05) is 19.2 Å². The number of fused-ring (bicyclic) bond motifs is 1. The first-order chi connectivity index (χ1) is 12.3. The zero-order chi connectivity index (χ0) is 17.1. The quantitative estimate of drug-likeness (QED) is 0.934. The van der Waals surface area contributed by atoms with Crippen molar-refractivity contribution in [3.05, 3.63) is 53.5 Å². The van der Waals surface area contributed by atoms with Crippen molar-refractivity contribution in [2.75, 3.05) is 18.0 Å². The lowest BCUT2D eigenvalue weighted by Crippen LogP contribution is -2.33. The van der Waals surface area contributed by atoms with E-state index in [4.69, 9.17) is 0 Å². The minimum Gasteiger partial charge on any atom is -0.357 e. The third-order valence-electron chi connectivity index (χ3n) is 5.24. The first-order valence-corrected chi connectivity index (χ1v) is 9.27. The standard InChI is InChI=1S/C20H24N4O/c25-20(23-17-10-6-8-15-7-2-3-9-16(15)17)18-13-19(22-14-21-18)24-11-4-1-5-12-24/h2-3,7,9,13-14,17H,1,4-6,8,10-12H2,(H,23,25). The molecule has 2 aromatic rings. The molecule has 0 spiro atoms. The molecule has 1 atom stereocenters. The molecule has 1 aromatic carbocycles. The van der Waals surface area contributed by atoms with Gasteiger partial charge in [0.25, 0.3) is 5.91 Å². The van der Waals surface area contributed by atoms with Gasteiger partial charge < -0.3 is 10.2 Å². The molecule has 4 rings (SSSR count). The number of aromatic nitrogens is 2. The highest BCUT2D eigenvalue weighted by Gasteiger charge is 2.23. The molecule has 1 saturated heterocycles. The van der Waals surface area contributed by atoms with Gasteiger partial charge in [0.2, 0.25) is 0 Å². The predicted octanol–water partition coefficient (Wildman–Crippen LogP) is 3.27. The maximum atomic E-state index is 12.7. The normalized spacial score (nSPS) is 20.0. The van der Waals surface area contributed by atoms with Crippen LogP contribution in [0, 0.1) is 0 Å². The molecule has 0 bridgehead atoms. The van der Waals surface area contributed by atoms with E-state index in [0.29, 0.717) is 5.69 Å². The fourth-order valence-corrected chi connectivity index (χ4v) is 3.90. The summed E-state index contributed by atoms with van der Waals surface area (Å²) in [5.74, 6) is 0.756. The van der Waals surface area contributed by atoms with E-state index in [9.17, 15) is 4.79 Å². The first kappa shape index (κ1) is 16.1. The zero-order valence-corrected chi connectivity index (χ0v) is 14.4. The third kappa shape index (κ3) is 3.50. The van der Waals surface area contributed by atoms with E-state index in [-0.39, 0.29) is 11.9 Å². The topological polar surface area (TPSA) is 58.1 Å². The fourth-order valence-electron chi connectivity index (χ4n) is 3.90. The average molecular weight is 336 g/mol. The van der Waals surface area contributed by atoms with Gasteiger partial charge in [-0.3, -0.25) is 4.79 Å². The van der Waals surface area contributed by atoms with Gasteiger partial charge in [-0.25, -0.2) is 9.97 Å². The fraction of sp³-hybridized carbons (Fsp3) is 0.450. The average Bonchev–Trinajstić information content (AvgIpc) is 2.69. The van der Waals surface area contributed by atoms with Gasteiger partial charge in [-0.05, 0) is 49.7 Å². The molecule has 5 heteroatoms. The maximum absolute atomic E-state index is 12.7. The van der Waals surface area contributed by atoms with Gasteiger partial charge in [0.1, 0.15) is 17.8 Å². The van der Waals surface area contributed by atoms with E-state index < -0.39 is 0 Å². The van der Waals surface area contributed by atoms with Crippen molar-refractivity contribution in [1.29, 1.82) is 0 Å². The second-order valence-electron chi connectivity index (χ2n) is 6.93. The number of nitrogens with one attached hydrogen (secondary N) is 1. The molecule has 130 valence electrons. The Hall–Kier alpha value is -2.43. The third-order valence-corrected chi connectivity index (χ3v) is 5.24. The van der Waals surface area contributed by atoms with Gasteiger partial charge in [0.05, 0.1) is 6.04 Å². The van der Waals surface area contributed by atoms with Crippen LogP contribution in [0.1, 0.15) is 59.8 Å². The number of hydrogen-bond donors (Lipinski definition) is 1. The van der Waals surface area contributed by atoms with Crippen LogP contribution in [0.25, 0.3) is 0 Å². The monoisotopic (exact) mass is 336 g/mol. The van der Waals surface area contributed by atoms with E-state index in [0.717, 1.165) is 38.2 Å². The Labute approximate surface area is 148 Å². The van der Waals surface area contributed by atoms with Gasteiger partial charge in [-0.15, -0.1) is 0 Å². The van der Waals surface area contributed by atoms with Gasteiger partial charge in [-0.1, -0.05) is 24.3 Å². The Balaban J connectivity index is 1.50. The second kappa shape index (κ2) is 7.21. The highest BCUT2D eigenvalue weighted by molar-refractivity contribution is 5.93. The van der Waals surface area contributed by atoms with E-state index in [2.05, 4.69) is 38.4 Å². The zero-order valence-electron chi connectivity index (χ0n) is 14.4. The number of carbonyl (C=O) groups is 1. The molecule has 2 heterocycles. The summed E-state index contributed by atoms with van der Waals surface area (Å²) in [4.78, 5) is 23.6. The number of nitrogens with zero attached hydrogens (tertiary/aromatic N) is 3. The summed E-state index contributed by atoms with van der Waals surface area (Å²) in [7, 11) is 0. The molecule has 2 aliphatic rings. The molecule has 25 heavy (non-hydrogen) atoms. The van der Waals surface area contributed by atoms with Crippen molar-refractivity contribution >= 4 is 11.7 Å². The van der Waals surface area contributed by atoms with Crippen LogP contribution in [-0.2, 0) is 6.42 Å². The largest absolute Gasteiger partial charge is 0.357 e. The van der Waals surface area contributed by atoms with Crippen molar-refractivity contribution in [3.63, 3.8) is 0 Å². The summed E-state index contributed by atoms with van der Waals surface area (Å²) >= 11 is 0. The Morgan fingerprint density at radius 2 is 1.92 bits per heavy atom. The molecule has 1 N–H and O–H groups in total. The van der Waals surface area contributed by atoms with Crippen molar-refractivity contribution < 1.29 is 4.79 Å². The highest BCUT2D eigenvalue weighted by atomic mass is 16.1. The number of anilines is 1. The number of rotatable bonds is 3. The van der Waals surface area contributed by atoms with E-state index in [1.165, 1.54) is 36.7 Å². The molecule has 1 amide bonds. The lowest BCUT2D eigenvalue weighted by atomic mass is 9.87. The summed E-state index contributed by atoms with van der Waals surface area (Å²) in [6.45, 7) is 2.02. The van der Waals surface area contributed by atoms with E-state index >= 15 is 0 Å². The Kier molecular flexibility index (Phi) is 4.63. The molecule has 0 saturated carbocycles. The smallest absolute Gasteiger partial charge is 0.270 e. The SMILES string of the molecule is O=C(NC1CCCc2ccccc21)c1cc(N2CCCCC2)ncn1. The lowest BCUT2D eigenvalue weighted by Gasteiger charge is -2.28. The molecule has 1 fully saturated rings. The predicted molar refractivity (Wildman–Crippen MR) is 97.7 cm³/mol. The maximum Gasteiger partial charge on any atom is 0.270 e. The molecule has 5 nitrogen and oxygen atoms in total. The molecule has 0 radical (unpaired) electrons. The van der Waals surface area contributed by atoms with Crippen LogP contribution in [0.3, 0.4) is 0 Å². The van der Waals surface area contributed by atoms with Crippen molar-refractivity contribution in [2.24, 2.45) is 0 Å². The van der Waals surface area contributed by atoms with Crippen molar-refractivity contribution in [1.82, 2.24) is 15.3 Å². The van der Waals surface area contributed by atoms with Crippen molar-refractivity contribution in [2.45, 2.75) is 44.6 Å². The van der Waals surface area contributed by atoms with Crippen LogP contribution in [-0.4, -0.2) is 29.0 Å². The minimum absolute atomic E-state index is 0.0749. The molecular formula is C20H24N4O. The van der Waals surface area contributed by atoms with Crippen LogP contribution in [0.5, 0.6) is 0 Å². The summed E-state index contributed by atoms with van der Waals surface area (Å²) in [6, 6.07) is 10.3. The van der Waals surface area contributed by atoms with Crippen LogP contribution < -0.4 is 10.2 Å². The van der Waals surface area contributed by atoms with Gasteiger partial charge >= 0.3 is 0 Å². The molecule has 1 aliphatic heterocycles. The molecule has 1 aliphatic carbocycles. The number of benzene rings is 1. The summed E-state index contributed by atoms with van der Waals surface area (Å²) in [5.41, 5.74) is 3.04. The lowest BCUT2D eigenvalue weighted by molar-refractivity contribution is 0.0927. The van der Waals surface area contributed by atoms with E-state index in [1.54, 1.807) is 0 Å². The molecule has 1 aromatic heterocycles. The Morgan fingerprint density at radius 3 is 2.80 bits per heavy atom. The first-order valence-electron chi connectivity index (χ1n) is 9.27.